The predicted molar refractivity (Wildman–Crippen MR) is 117 cm³/mol. The van der Waals surface area contributed by atoms with Crippen LogP contribution in [0, 0.1) is 16.3 Å². The van der Waals surface area contributed by atoms with E-state index in [0.717, 1.165) is 0 Å². The second-order valence-corrected chi connectivity index (χ2v) is 7.24. The van der Waals surface area contributed by atoms with E-state index in [1.54, 1.807) is 84.9 Å². The molecule has 0 N–H and O–H groups in total. The number of benzene rings is 3. The standard InChI is InChI=1S/C24H19ClNO4/c1-16(26(29)30)21(19-14-8-9-15-20(19)25)22(23(27)17-10-4-2-5-11-17)24(28)18-12-6-3-7-13-18/h2-15,21-22H,1H3/q-1. The lowest BCUT2D eigenvalue weighted by Gasteiger charge is -2.26. The van der Waals surface area contributed by atoms with Crippen LogP contribution in [0.25, 0.3) is 0 Å². The summed E-state index contributed by atoms with van der Waals surface area (Å²) in [4.78, 5) is 26.5. The van der Waals surface area contributed by atoms with Crippen LogP contribution in [0.2, 0.25) is 5.02 Å². The van der Waals surface area contributed by atoms with Crippen LogP contribution in [0.4, 0.5) is 0 Å². The minimum Gasteiger partial charge on any atom is -0.612 e. The Hall–Kier alpha value is -3.44. The van der Waals surface area contributed by atoms with Crippen molar-refractivity contribution in [2.45, 2.75) is 12.8 Å². The molecule has 0 saturated heterocycles. The molecule has 0 heterocycles. The van der Waals surface area contributed by atoms with Gasteiger partial charge in [0.25, 0.3) is 0 Å². The summed E-state index contributed by atoms with van der Waals surface area (Å²) < 4.78 is 0. The van der Waals surface area contributed by atoms with E-state index in [0.29, 0.717) is 16.7 Å². The summed E-state index contributed by atoms with van der Waals surface area (Å²) in [5.41, 5.74) is 0.758. The highest BCUT2D eigenvalue weighted by Gasteiger charge is 2.41. The number of hydrogen-bond donors (Lipinski definition) is 0. The molecule has 6 heteroatoms. The van der Waals surface area contributed by atoms with Gasteiger partial charge in [0, 0.05) is 23.1 Å². The lowest BCUT2D eigenvalue weighted by Crippen LogP contribution is -2.36. The molecular weight excluding hydrogens is 402 g/mol. The summed E-state index contributed by atoms with van der Waals surface area (Å²) >= 11 is 6.35. The molecule has 1 unspecified atom stereocenters. The minimum atomic E-state index is -1.33. The lowest BCUT2D eigenvalue weighted by molar-refractivity contribution is -0.381. The number of hydrogen-bond acceptors (Lipinski definition) is 4. The summed E-state index contributed by atoms with van der Waals surface area (Å²) in [7, 11) is 0. The van der Waals surface area contributed by atoms with Crippen LogP contribution >= 0.6 is 11.6 Å². The predicted octanol–water partition coefficient (Wildman–Crippen LogP) is 5.27. The second-order valence-electron chi connectivity index (χ2n) is 6.84. The van der Waals surface area contributed by atoms with Gasteiger partial charge in [-0.2, -0.15) is 4.90 Å². The van der Waals surface area contributed by atoms with Crippen molar-refractivity contribution in [3.63, 3.8) is 0 Å². The van der Waals surface area contributed by atoms with Gasteiger partial charge in [0.15, 0.2) is 17.3 Å². The van der Waals surface area contributed by atoms with Gasteiger partial charge in [-0.3, -0.25) is 9.59 Å². The van der Waals surface area contributed by atoms with E-state index in [-0.39, 0.29) is 10.7 Å². The number of nitrogens with zero attached hydrogens (tertiary/aromatic N) is 1. The van der Waals surface area contributed by atoms with Gasteiger partial charge in [-0.05, 0) is 11.6 Å². The molecular formula is C24H19ClNO4-. The van der Waals surface area contributed by atoms with Crippen LogP contribution < -0.4 is 0 Å². The number of halogens is 1. The van der Waals surface area contributed by atoms with Crippen molar-refractivity contribution in [2.75, 3.05) is 0 Å². The van der Waals surface area contributed by atoms with Crippen LogP contribution in [-0.4, -0.2) is 22.2 Å². The molecule has 0 spiro atoms. The number of Topliss-reactive ketones (excluding diaryl/α,β-unsaturated/α-hetero) is 2. The van der Waals surface area contributed by atoms with Crippen molar-refractivity contribution in [3.8, 4) is 0 Å². The van der Waals surface area contributed by atoms with Gasteiger partial charge in [0.05, 0.1) is 5.92 Å². The molecule has 0 radical (unpaired) electrons. The maximum Gasteiger partial charge on any atom is 0.181 e. The van der Waals surface area contributed by atoms with Gasteiger partial charge in [-0.1, -0.05) is 90.5 Å². The molecule has 152 valence electrons. The van der Waals surface area contributed by atoms with Crippen molar-refractivity contribution >= 4 is 28.9 Å². The normalized spacial score (nSPS) is 11.7. The van der Waals surface area contributed by atoms with Crippen molar-refractivity contribution in [1.82, 2.24) is 0 Å². The fourth-order valence-corrected chi connectivity index (χ4v) is 3.73. The Morgan fingerprint density at radius 2 is 1.20 bits per heavy atom. The Bertz CT molecular complexity index is 1030. The van der Waals surface area contributed by atoms with E-state index in [4.69, 9.17) is 11.6 Å². The number of rotatable bonds is 7. The van der Waals surface area contributed by atoms with E-state index >= 15 is 0 Å². The Morgan fingerprint density at radius 3 is 1.63 bits per heavy atom. The highest BCUT2D eigenvalue weighted by molar-refractivity contribution is 6.32. The van der Waals surface area contributed by atoms with Gasteiger partial charge >= 0.3 is 0 Å². The van der Waals surface area contributed by atoms with E-state index in [2.05, 4.69) is 0 Å². The maximum absolute atomic E-state index is 13.5. The van der Waals surface area contributed by atoms with Gasteiger partial charge in [-0.25, -0.2) is 0 Å². The Balaban J connectivity index is 2.24. The maximum atomic E-state index is 13.5. The molecule has 0 aliphatic heterocycles. The zero-order chi connectivity index (χ0) is 21.7. The van der Waals surface area contributed by atoms with Crippen LogP contribution in [0.1, 0.15) is 39.1 Å². The largest absolute Gasteiger partial charge is 0.612 e. The Labute approximate surface area is 179 Å². The quantitative estimate of drug-likeness (QED) is 0.171. The summed E-state index contributed by atoms with van der Waals surface area (Å²) in [6, 6.07) is 23.2. The van der Waals surface area contributed by atoms with Crippen LogP contribution in [0.5, 0.6) is 0 Å². The highest BCUT2D eigenvalue weighted by atomic mass is 35.5. The fraction of sp³-hybridized carbons (Fsp3) is 0.125. The molecule has 3 rings (SSSR count). The monoisotopic (exact) mass is 420 g/mol. The van der Waals surface area contributed by atoms with Crippen molar-refractivity contribution in [3.05, 3.63) is 117 Å². The van der Waals surface area contributed by atoms with Gasteiger partial charge in [0.2, 0.25) is 0 Å². The number of carbonyl (C=O) groups is 2. The van der Waals surface area contributed by atoms with Crippen molar-refractivity contribution in [2.24, 2.45) is 5.92 Å². The highest BCUT2D eigenvalue weighted by Crippen LogP contribution is 2.35. The molecule has 0 aromatic heterocycles. The molecule has 0 aliphatic rings. The first-order valence-corrected chi connectivity index (χ1v) is 9.70. The van der Waals surface area contributed by atoms with Gasteiger partial charge in [-0.15, -0.1) is 0 Å². The van der Waals surface area contributed by atoms with Crippen LogP contribution in [0.15, 0.2) is 84.9 Å². The zero-order valence-electron chi connectivity index (χ0n) is 16.2. The molecule has 3 aromatic carbocycles. The first-order valence-electron chi connectivity index (χ1n) is 9.32. The van der Waals surface area contributed by atoms with E-state index < -0.39 is 28.3 Å². The van der Waals surface area contributed by atoms with Gasteiger partial charge < -0.3 is 10.4 Å². The third kappa shape index (κ3) is 4.42. The smallest absolute Gasteiger partial charge is 0.181 e. The van der Waals surface area contributed by atoms with Crippen LogP contribution in [0.3, 0.4) is 0 Å². The molecule has 0 amide bonds. The Morgan fingerprint density at radius 1 is 0.767 bits per heavy atom. The average Bonchev–Trinajstić information content (AvgIpc) is 2.78. The minimum absolute atomic E-state index is 0.221. The first-order chi connectivity index (χ1) is 14.4. The third-order valence-electron chi connectivity index (χ3n) is 4.99. The summed E-state index contributed by atoms with van der Waals surface area (Å²) in [6.45, 7) is 1.32. The summed E-state index contributed by atoms with van der Waals surface area (Å²) in [5.74, 6) is -3.43. The molecule has 30 heavy (non-hydrogen) atoms. The molecule has 0 bridgehead atoms. The number of carbonyl (C=O) groups excluding carboxylic acids is 2. The van der Waals surface area contributed by atoms with E-state index in [1.165, 1.54) is 6.92 Å². The summed E-state index contributed by atoms with van der Waals surface area (Å²) in [5, 5.41) is 23.8. The topological polar surface area (TPSA) is 83.3 Å². The molecule has 1 atom stereocenters. The zero-order valence-corrected chi connectivity index (χ0v) is 17.0. The molecule has 0 saturated carbocycles. The first kappa shape index (κ1) is 21.3. The lowest BCUT2D eigenvalue weighted by atomic mass is 9.75. The number of ketones is 2. The fourth-order valence-electron chi connectivity index (χ4n) is 3.47. The van der Waals surface area contributed by atoms with E-state index in [9.17, 15) is 20.0 Å². The molecule has 0 aliphatic carbocycles. The van der Waals surface area contributed by atoms with E-state index in [1.807, 2.05) is 0 Å². The Kier molecular flexibility index (Phi) is 6.65. The third-order valence-corrected chi connectivity index (χ3v) is 5.34. The van der Waals surface area contributed by atoms with Gasteiger partial charge in [0.1, 0.15) is 5.92 Å². The van der Waals surface area contributed by atoms with Crippen molar-refractivity contribution in [1.29, 1.82) is 0 Å². The molecule has 5 nitrogen and oxygen atoms in total. The molecule has 0 fully saturated rings. The molecule has 3 aromatic rings. The average molecular weight is 421 g/mol. The SMILES string of the molecule is CC(C(c1ccccc1Cl)C(C(=O)c1ccccc1)C(=O)c1ccccc1)=[N+]([O-])[O-]. The second kappa shape index (κ2) is 9.37. The summed E-state index contributed by atoms with van der Waals surface area (Å²) in [6.07, 6.45) is 0. The van der Waals surface area contributed by atoms with Crippen molar-refractivity contribution < 1.29 is 14.5 Å². The van der Waals surface area contributed by atoms with Crippen LogP contribution in [-0.2, 0) is 0 Å².